The lowest BCUT2D eigenvalue weighted by molar-refractivity contribution is -0.118. The Balaban J connectivity index is 1.87. The lowest BCUT2D eigenvalue weighted by atomic mass is 10.1. The first kappa shape index (κ1) is 15.1. The molecule has 0 bridgehead atoms. The maximum absolute atomic E-state index is 11.7. The Labute approximate surface area is 126 Å². The van der Waals surface area contributed by atoms with Gasteiger partial charge in [0.05, 0.1) is 11.1 Å². The van der Waals surface area contributed by atoms with E-state index in [-0.39, 0.29) is 5.91 Å². The van der Waals surface area contributed by atoms with Crippen molar-refractivity contribution < 1.29 is 4.79 Å². The number of nitrogens with two attached hydrogens (primary N) is 1. The molecule has 20 heavy (non-hydrogen) atoms. The van der Waals surface area contributed by atoms with E-state index in [2.05, 4.69) is 29.1 Å². The summed E-state index contributed by atoms with van der Waals surface area (Å²) in [5, 5.41) is 6.25. The molecular formula is C13H18N4OS2. The van der Waals surface area contributed by atoms with Crippen molar-refractivity contribution in [2.45, 2.75) is 25.4 Å². The van der Waals surface area contributed by atoms with Crippen LogP contribution in [0, 0.1) is 5.92 Å². The molecule has 2 heterocycles. The van der Waals surface area contributed by atoms with E-state index in [1.165, 1.54) is 23.1 Å². The topological polar surface area (TPSA) is 80.9 Å². The highest BCUT2D eigenvalue weighted by Crippen LogP contribution is 2.26. The SMILES string of the molecule is CC(C)CCNC(=O)CSc1nc(N)c2ccsc2n1. The number of carbonyl (C=O) groups excluding carboxylic acids is 1. The third-order valence-corrected chi connectivity index (χ3v) is 4.36. The van der Waals surface area contributed by atoms with Crippen molar-refractivity contribution in [3.8, 4) is 0 Å². The lowest BCUT2D eigenvalue weighted by Gasteiger charge is -2.06. The molecule has 0 fully saturated rings. The van der Waals surface area contributed by atoms with E-state index in [1.807, 2.05) is 11.4 Å². The van der Waals surface area contributed by atoms with Crippen LogP contribution in [0.4, 0.5) is 5.82 Å². The van der Waals surface area contributed by atoms with Crippen LogP contribution in [-0.4, -0.2) is 28.2 Å². The zero-order valence-electron chi connectivity index (χ0n) is 11.5. The van der Waals surface area contributed by atoms with E-state index < -0.39 is 0 Å². The molecule has 108 valence electrons. The molecule has 0 saturated heterocycles. The summed E-state index contributed by atoms with van der Waals surface area (Å²) in [6, 6.07) is 1.91. The number of hydrogen-bond acceptors (Lipinski definition) is 6. The number of amides is 1. The second kappa shape index (κ2) is 6.90. The summed E-state index contributed by atoms with van der Waals surface area (Å²) in [5.41, 5.74) is 5.86. The van der Waals surface area contributed by atoms with Gasteiger partial charge in [0.1, 0.15) is 10.6 Å². The van der Waals surface area contributed by atoms with Gasteiger partial charge >= 0.3 is 0 Å². The van der Waals surface area contributed by atoms with Gasteiger partial charge in [-0.05, 0) is 23.8 Å². The predicted octanol–water partition coefficient (Wildman–Crippen LogP) is 2.53. The van der Waals surface area contributed by atoms with E-state index in [0.29, 0.717) is 29.2 Å². The average Bonchev–Trinajstić information content (AvgIpc) is 2.84. The Morgan fingerprint density at radius 2 is 2.30 bits per heavy atom. The fourth-order valence-corrected chi connectivity index (χ4v) is 3.11. The quantitative estimate of drug-likeness (QED) is 0.633. The van der Waals surface area contributed by atoms with E-state index in [0.717, 1.165) is 16.6 Å². The highest BCUT2D eigenvalue weighted by atomic mass is 32.2. The van der Waals surface area contributed by atoms with Gasteiger partial charge in [-0.25, -0.2) is 9.97 Å². The van der Waals surface area contributed by atoms with Crippen molar-refractivity contribution in [3.63, 3.8) is 0 Å². The van der Waals surface area contributed by atoms with Crippen LogP contribution < -0.4 is 11.1 Å². The number of thiophene rings is 1. The van der Waals surface area contributed by atoms with Crippen LogP contribution in [0.5, 0.6) is 0 Å². The Morgan fingerprint density at radius 1 is 1.50 bits per heavy atom. The summed E-state index contributed by atoms with van der Waals surface area (Å²) >= 11 is 2.83. The number of fused-ring (bicyclic) bond motifs is 1. The van der Waals surface area contributed by atoms with Gasteiger partial charge in [0, 0.05) is 6.54 Å². The molecule has 0 spiro atoms. The molecule has 1 amide bonds. The standard InChI is InChI=1S/C13H18N4OS2/c1-8(2)3-5-15-10(18)7-20-13-16-11(14)9-4-6-19-12(9)17-13/h4,6,8H,3,5,7H2,1-2H3,(H,15,18)(H2,14,16,17). The van der Waals surface area contributed by atoms with Gasteiger partial charge in [0.2, 0.25) is 5.91 Å². The molecule has 0 aromatic carbocycles. The molecule has 3 N–H and O–H groups in total. The Kier molecular flexibility index (Phi) is 5.19. The Hall–Kier alpha value is -1.34. The summed E-state index contributed by atoms with van der Waals surface area (Å²) in [5.74, 6) is 1.38. The zero-order chi connectivity index (χ0) is 14.5. The normalized spacial score (nSPS) is 11.2. The maximum Gasteiger partial charge on any atom is 0.230 e. The highest BCUT2D eigenvalue weighted by Gasteiger charge is 2.09. The van der Waals surface area contributed by atoms with Crippen molar-refractivity contribution in [2.75, 3.05) is 18.0 Å². The van der Waals surface area contributed by atoms with Gasteiger partial charge in [-0.15, -0.1) is 11.3 Å². The number of carbonyl (C=O) groups is 1. The monoisotopic (exact) mass is 310 g/mol. The van der Waals surface area contributed by atoms with Crippen LogP contribution in [0.1, 0.15) is 20.3 Å². The summed E-state index contributed by atoms with van der Waals surface area (Å²) in [4.78, 5) is 21.1. The molecule has 7 heteroatoms. The molecule has 0 aliphatic rings. The minimum Gasteiger partial charge on any atom is -0.383 e. The first-order chi connectivity index (χ1) is 9.56. The van der Waals surface area contributed by atoms with Crippen LogP contribution >= 0.6 is 23.1 Å². The van der Waals surface area contributed by atoms with Crippen molar-refractivity contribution in [3.05, 3.63) is 11.4 Å². The van der Waals surface area contributed by atoms with Crippen LogP contribution in [0.2, 0.25) is 0 Å². The second-order valence-corrected chi connectivity index (χ2v) is 6.69. The number of nitrogens with one attached hydrogen (secondary N) is 1. The fourth-order valence-electron chi connectivity index (χ4n) is 1.60. The number of anilines is 1. The molecule has 0 saturated carbocycles. The number of thioether (sulfide) groups is 1. The van der Waals surface area contributed by atoms with E-state index in [9.17, 15) is 4.79 Å². The molecule has 0 radical (unpaired) electrons. The number of aromatic nitrogens is 2. The fraction of sp³-hybridized carbons (Fsp3) is 0.462. The third kappa shape index (κ3) is 4.08. The summed E-state index contributed by atoms with van der Waals surface area (Å²) in [7, 11) is 0. The van der Waals surface area contributed by atoms with Gasteiger partial charge in [-0.1, -0.05) is 25.6 Å². The molecule has 0 aliphatic heterocycles. The Bertz CT molecular complexity index is 597. The summed E-state index contributed by atoms with van der Waals surface area (Å²) in [6.07, 6.45) is 0.987. The van der Waals surface area contributed by atoms with Gasteiger partial charge < -0.3 is 11.1 Å². The summed E-state index contributed by atoms with van der Waals surface area (Å²) in [6.45, 7) is 4.98. The lowest BCUT2D eigenvalue weighted by Crippen LogP contribution is -2.27. The smallest absolute Gasteiger partial charge is 0.230 e. The number of nitrogen functional groups attached to an aromatic ring is 1. The summed E-state index contributed by atoms with van der Waals surface area (Å²) < 4.78 is 0. The molecule has 5 nitrogen and oxygen atoms in total. The van der Waals surface area contributed by atoms with Crippen molar-refractivity contribution >= 4 is 45.0 Å². The van der Waals surface area contributed by atoms with Crippen LogP contribution in [0.3, 0.4) is 0 Å². The predicted molar refractivity (Wildman–Crippen MR) is 85.0 cm³/mol. The number of hydrogen-bond donors (Lipinski definition) is 2. The van der Waals surface area contributed by atoms with E-state index in [4.69, 9.17) is 5.73 Å². The maximum atomic E-state index is 11.7. The molecule has 0 atom stereocenters. The largest absolute Gasteiger partial charge is 0.383 e. The molecular weight excluding hydrogens is 292 g/mol. The Morgan fingerprint density at radius 3 is 3.05 bits per heavy atom. The van der Waals surface area contributed by atoms with Crippen molar-refractivity contribution in [2.24, 2.45) is 5.92 Å². The van der Waals surface area contributed by atoms with Crippen molar-refractivity contribution in [1.82, 2.24) is 15.3 Å². The number of nitrogens with zero attached hydrogens (tertiary/aromatic N) is 2. The first-order valence-electron chi connectivity index (χ1n) is 6.46. The van der Waals surface area contributed by atoms with Crippen LogP contribution in [-0.2, 0) is 4.79 Å². The van der Waals surface area contributed by atoms with Gasteiger partial charge in [0.15, 0.2) is 5.16 Å². The second-order valence-electron chi connectivity index (χ2n) is 4.85. The number of rotatable bonds is 6. The van der Waals surface area contributed by atoms with Gasteiger partial charge in [-0.2, -0.15) is 0 Å². The van der Waals surface area contributed by atoms with Crippen molar-refractivity contribution in [1.29, 1.82) is 0 Å². The minimum absolute atomic E-state index is 0.00379. The third-order valence-electron chi connectivity index (χ3n) is 2.71. The minimum atomic E-state index is 0.00379. The van der Waals surface area contributed by atoms with Gasteiger partial charge in [-0.3, -0.25) is 4.79 Å². The van der Waals surface area contributed by atoms with Gasteiger partial charge in [0.25, 0.3) is 0 Å². The molecule has 2 aromatic rings. The average molecular weight is 310 g/mol. The van der Waals surface area contributed by atoms with E-state index >= 15 is 0 Å². The van der Waals surface area contributed by atoms with Crippen LogP contribution in [0.25, 0.3) is 10.2 Å². The molecule has 0 aliphatic carbocycles. The zero-order valence-corrected chi connectivity index (χ0v) is 13.2. The molecule has 2 aromatic heterocycles. The highest BCUT2D eigenvalue weighted by molar-refractivity contribution is 7.99. The van der Waals surface area contributed by atoms with E-state index in [1.54, 1.807) is 0 Å². The first-order valence-corrected chi connectivity index (χ1v) is 8.33. The van der Waals surface area contributed by atoms with Crippen LogP contribution in [0.15, 0.2) is 16.6 Å². The molecule has 0 unspecified atom stereocenters. The molecule has 2 rings (SSSR count).